The van der Waals surface area contributed by atoms with Gasteiger partial charge in [-0.1, -0.05) is 0 Å². The number of aliphatic hydroxyl groups excluding tert-OH is 3. The third-order valence-electron chi connectivity index (χ3n) is 4.41. The van der Waals surface area contributed by atoms with Crippen molar-refractivity contribution in [2.45, 2.75) is 43.4 Å². The molecule has 0 radical (unpaired) electrons. The van der Waals surface area contributed by atoms with Crippen LogP contribution in [0, 0.1) is 10.1 Å². The van der Waals surface area contributed by atoms with E-state index < -0.39 is 29.0 Å². The van der Waals surface area contributed by atoms with Gasteiger partial charge in [0.05, 0.1) is 23.7 Å². The van der Waals surface area contributed by atoms with Crippen molar-refractivity contribution in [1.82, 2.24) is 0 Å². The van der Waals surface area contributed by atoms with Crippen LogP contribution >= 0.6 is 0 Å². The minimum atomic E-state index is -1.56. The lowest BCUT2D eigenvalue weighted by molar-refractivity contribution is -0.385. The zero-order valence-electron chi connectivity index (χ0n) is 12.4. The fraction of sp³-hybridized carbons (Fsp3) is 0.600. The van der Waals surface area contributed by atoms with Crippen LogP contribution in [-0.4, -0.2) is 51.8 Å². The average Bonchev–Trinajstić information content (AvgIpc) is 2.52. The van der Waals surface area contributed by atoms with Gasteiger partial charge in [-0.15, -0.1) is 0 Å². The van der Waals surface area contributed by atoms with Gasteiger partial charge in [-0.3, -0.25) is 10.1 Å². The topological polar surface area (TPSA) is 122 Å². The number of hydrogen-bond donors (Lipinski definition) is 3. The molecule has 8 heteroatoms. The summed E-state index contributed by atoms with van der Waals surface area (Å²) in [5.74, 6) is -1.56. The number of fused-ring (bicyclic) bond motifs is 2. The smallest absolute Gasteiger partial charge is 0.269 e. The van der Waals surface area contributed by atoms with E-state index in [1.54, 1.807) is 0 Å². The van der Waals surface area contributed by atoms with Crippen LogP contribution in [-0.2, 0) is 21.7 Å². The minimum Gasteiger partial charge on any atom is -0.396 e. The number of hydrogen-bond acceptors (Lipinski definition) is 7. The van der Waals surface area contributed by atoms with Crippen LogP contribution in [0.25, 0.3) is 0 Å². The second-order valence-electron chi connectivity index (χ2n) is 5.86. The highest BCUT2D eigenvalue weighted by Gasteiger charge is 2.53. The molecular weight excluding hydrogens is 306 g/mol. The Balaban J connectivity index is 2.03. The Bertz CT molecular complexity index is 607. The van der Waals surface area contributed by atoms with Crippen LogP contribution in [0.1, 0.15) is 24.0 Å². The molecule has 0 aliphatic carbocycles. The van der Waals surface area contributed by atoms with Crippen LogP contribution in [0.3, 0.4) is 0 Å². The monoisotopic (exact) mass is 325 g/mol. The first kappa shape index (κ1) is 16.3. The van der Waals surface area contributed by atoms with E-state index in [9.17, 15) is 20.3 Å². The number of nitro groups is 1. The van der Waals surface area contributed by atoms with E-state index in [4.69, 9.17) is 14.6 Å². The highest BCUT2D eigenvalue weighted by atomic mass is 16.7. The van der Waals surface area contributed by atoms with Crippen molar-refractivity contribution >= 4 is 5.69 Å². The summed E-state index contributed by atoms with van der Waals surface area (Å²) in [5.41, 5.74) is 1.10. The lowest BCUT2D eigenvalue weighted by Crippen LogP contribution is -2.59. The molecule has 0 aromatic heterocycles. The molecule has 2 aliphatic rings. The van der Waals surface area contributed by atoms with E-state index in [2.05, 4.69) is 0 Å². The maximum absolute atomic E-state index is 10.9. The predicted molar refractivity (Wildman–Crippen MR) is 77.6 cm³/mol. The number of aliphatic hydroxyl groups is 3. The maximum atomic E-state index is 10.9. The predicted octanol–water partition coefficient (Wildman–Crippen LogP) is 0.213. The lowest BCUT2D eigenvalue weighted by Gasteiger charge is -2.48. The first-order valence-corrected chi connectivity index (χ1v) is 7.54. The number of non-ortho nitro benzene ring substituents is 1. The summed E-state index contributed by atoms with van der Waals surface area (Å²) in [6.07, 6.45) is -1.90. The van der Waals surface area contributed by atoms with Crippen molar-refractivity contribution < 1.29 is 29.7 Å². The fourth-order valence-corrected chi connectivity index (χ4v) is 3.31. The summed E-state index contributed by atoms with van der Waals surface area (Å²) in [6.45, 7) is 0.0977. The molecule has 2 heterocycles. The van der Waals surface area contributed by atoms with Crippen LogP contribution < -0.4 is 0 Å². The molecule has 0 amide bonds. The van der Waals surface area contributed by atoms with Gasteiger partial charge in [0.1, 0.15) is 6.10 Å². The molecular formula is C15H19NO7. The number of ether oxygens (including phenoxy) is 2. The zero-order chi connectivity index (χ0) is 16.6. The number of benzene rings is 1. The molecule has 8 nitrogen and oxygen atoms in total. The Morgan fingerprint density at radius 1 is 1.39 bits per heavy atom. The van der Waals surface area contributed by atoms with Gasteiger partial charge in [0.15, 0.2) is 0 Å². The van der Waals surface area contributed by atoms with Gasteiger partial charge >= 0.3 is 0 Å². The Labute approximate surface area is 132 Å². The minimum absolute atomic E-state index is 0.0430. The summed E-state index contributed by atoms with van der Waals surface area (Å²) >= 11 is 0. The summed E-state index contributed by atoms with van der Waals surface area (Å²) < 4.78 is 11.6. The average molecular weight is 325 g/mol. The maximum Gasteiger partial charge on any atom is 0.269 e. The molecule has 1 aromatic rings. The van der Waals surface area contributed by atoms with Crippen LogP contribution in [0.2, 0.25) is 0 Å². The fourth-order valence-electron chi connectivity index (χ4n) is 3.31. The van der Waals surface area contributed by atoms with Crippen LogP contribution in [0.4, 0.5) is 5.69 Å². The highest BCUT2D eigenvalue weighted by Crippen LogP contribution is 2.44. The molecule has 1 spiro atoms. The molecule has 126 valence electrons. The molecule has 1 fully saturated rings. The molecule has 3 rings (SSSR count). The van der Waals surface area contributed by atoms with Crippen molar-refractivity contribution in [3.63, 3.8) is 0 Å². The van der Waals surface area contributed by atoms with Crippen LogP contribution in [0.5, 0.6) is 0 Å². The van der Waals surface area contributed by atoms with Gasteiger partial charge in [-0.25, -0.2) is 0 Å². The third kappa shape index (κ3) is 2.73. The van der Waals surface area contributed by atoms with E-state index in [1.165, 1.54) is 18.2 Å². The summed E-state index contributed by atoms with van der Waals surface area (Å²) in [5, 5.41) is 40.7. The molecule has 2 aliphatic heterocycles. The normalized spacial score (nSPS) is 33.4. The van der Waals surface area contributed by atoms with Crippen molar-refractivity contribution in [3.8, 4) is 0 Å². The first-order chi connectivity index (χ1) is 11.0. The SMILES string of the molecule is O=[N+]([O-])c1ccc2c(c1)CCO[C@@]21O[C@H](CCO)C[C@H](O)[C@H]1O. The third-order valence-corrected chi connectivity index (χ3v) is 4.41. The Hall–Kier alpha value is -1.58. The van der Waals surface area contributed by atoms with Crippen molar-refractivity contribution in [2.24, 2.45) is 0 Å². The molecule has 1 saturated heterocycles. The second-order valence-corrected chi connectivity index (χ2v) is 5.86. The van der Waals surface area contributed by atoms with Gasteiger partial charge in [0.2, 0.25) is 5.79 Å². The highest BCUT2D eigenvalue weighted by molar-refractivity contribution is 5.43. The van der Waals surface area contributed by atoms with E-state index in [0.29, 0.717) is 24.0 Å². The standard InChI is InChI=1S/C15H19NO7/c17-5-3-11-8-13(18)14(19)15(23-11)12-2-1-10(16(20)21)7-9(12)4-6-22-15/h1-2,7,11,13-14,17-19H,3-6,8H2/t11-,13+,14-,15-/m1/s1. The molecule has 0 saturated carbocycles. The number of nitrogens with zero attached hydrogens (tertiary/aromatic N) is 1. The largest absolute Gasteiger partial charge is 0.396 e. The van der Waals surface area contributed by atoms with Crippen molar-refractivity contribution in [2.75, 3.05) is 13.2 Å². The van der Waals surface area contributed by atoms with E-state index in [-0.39, 0.29) is 25.3 Å². The van der Waals surface area contributed by atoms with Crippen LogP contribution in [0.15, 0.2) is 18.2 Å². The lowest BCUT2D eigenvalue weighted by atomic mass is 9.84. The van der Waals surface area contributed by atoms with E-state index in [0.717, 1.165) is 0 Å². The van der Waals surface area contributed by atoms with Gasteiger partial charge in [-0.05, 0) is 24.5 Å². The summed E-state index contributed by atoms with van der Waals surface area (Å²) in [6, 6.07) is 4.27. The molecule has 4 atom stereocenters. The first-order valence-electron chi connectivity index (χ1n) is 7.54. The van der Waals surface area contributed by atoms with Crippen molar-refractivity contribution in [3.05, 3.63) is 39.4 Å². The molecule has 0 unspecified atom stereocenters. The van der Waals surface area contributed by atoms with Gasteiger partial charge in [0.25, 0.3) is 5.69 Å². The van der Waals surface area contributed by atoms with E-state index >= 15 is 0 Å². The Morgan fingerprint density at radius 3 is 2.87 bits per heavy atom. The molecule has 3 N–H and O–H groups in total. The Kier molecular flexibility index (Phi) is 4.35. The molecule has 23 heavy (non-hydrogen) atoms. The van der Waals surface area contributed by atoms with Gasteiger partial charge in [0, 0.05) is 30.7 Å². The quantitative estimate of drug-likeness (QED) is 0.536. The summed E-state index contributed by atoms with van der Waals surface area (Å²) in [4.78, 5) is 10.5. The van der Waals surface area contributed by atoms with Gasteiger partial charge in [-0.2, -0.15) is 0 Å². The van der Waals surface area contributed by atoms with E-state index in [1.807, 2.05) is 0 Å². The number of rotatable bonds is 3. The summed E-state index contributed by atoms with van der Waals surface area (Å²) in [7, 11) is 0. The molecule has 1 aromatic carbocycles. The van der Waals surface area contributed by atoms with Gasteiger partial charge < -0.3 is 24.8 Å². The second kappa shape index (κ2) is 6.14. The van der Waals surface area contributed by atoms with Crippen molar-refractivity contribution in [1.29, 1.82) is 0 Å². The Morgan fingerprint density at radius 2 is 2.17 bits per heavy atom. The molecule has 0 bridgehead atoms. The zero-order valence-corrected chi connectivity index (χ0v) is 12.4. The number of nitro benzene ring substituents is 1.